The first-order chi connectivity index (χ1) is 19.3. The second kappa shape index (κ2) is 17.2. The maximum atomic E-state index is 12.2. The van der Waals surface area contributed by atoms with Crippen LogP contribution in [0.4, 0.5) is 0 Å². The fourth-order valence-corrected chi connectivity index (χ4v) is 5.42. The van der Waals surface area contributed by atoms with E-state index >= 15 is 0 Å². The molecule has 6 N–H and O–H groups in total. The van der Waals surface area contributed by atoms with Gasteiger partial charge < -0.3 is 20.6 Å². The molecule has 220 valence electrons. The van der Waals surface area contributed by atoms with Gasteiger partial charge in [0.25, 0.3) is 0 Å². The monoisotopic (exact) mass is 556 g/mol. The first-order valence-electron chi connectivity index (χ1n) is 14.2. The third-order valence-corrected chi connectivity index (χ3v) is 7.64. The Hall–Kier alpha value is -2.63. The summed E-state index contributed by atoms with van der Waals surface area (Å²) in [5.74, 6) is -0.116. The Labute approximate surface area is 236 Å². The Morgan fingerprint density at radius 2 is 1.70 bits per heavy atom. The van der Waals surface area contributed by atoms with E-state index in [1.165, 1.54) is 5.56 Å². The van der Waals surface area contributed by atoms with Crippen molar-refractivity contribution in [2.45, 2.75) is 89.3 Å². The topological polar surface area (TPSA) is 143 Å². The van der Waals surface area contributed by atoms with Crippen LogP contribution in [0.15, 0.2) is 66.7 Å². The van der Waals surface area contributed by atoms with E-state index in [-0.39, 0.29) is 29.7 Å². The van der Waals surface area contributed by atoms with E-state index in [0.29, 0.717) is 51.5 Å². The predicted octanol–water partition coefficient (Wildman–Crippen LogP) is 4.06. The Kier molecular flexibility index (Phi) is 13.7. The molecule has 0 aromatic heterocycles. The Balaban J connectivity index is 1.32. The number of hydrogen-bond donors (Lipinski definition) is 6. The summed E-state index contributed by atoms with van der Waals surface area (Å²) in [6.07, 6.45) is 8.22. The van der Waals surface area contributed by atoms with Crippen molar-refractivity contribution < 1.29 is 35.4 Å². The van der Waals surface area contributed by atoms with Crippen molar-refractivity contribution in [2.75, 3.05) is 0 Å². The molecule has 0 aliphatic heterocycles. The van der Waals surface area contributed by atoms with Crippen molar-refractivity contribution in [1.82, 2.24) is 10.7 Å². The van der Waals surface area contributed by atoms with Gasteiger partial charge in [0.15, 0.2) is 0 Å². The molecule has 1 fully saturated rings. The third kappa shape index (κ3) is 11.5. The largest absolute Gasteiger partial charge is 0.393 e. The van der Waals surface area contributed by atoms with E-state index in [1.807, 2.05) is 48.6 Å². The van der Waals surface area contributed by atoms with Crippen LogP contribution in [0.3, 0.4) is 0 Å². The molecule has 9 heteroatoms. The van der Waals surface area contributed by atoms with Crippen molar-refractivity contribution in [3.63, 3.8) is 0 Å². The SMILES string of the molecule is O=C(CCC/C=C\C[C@@H]1[C@@H](CC[C@@H](O)CCc2ccccc2)[C@H](O)C[C@@H]1O)NCc1cccc(CON(O)O)c1. The van der Waals surface area contributed by atoms with Crippen LogP contribution in [-0.4, -0.2) is 55.3 Å². The molecule has 1 amide bonds. The molecule has 2 aromatic rings. The summed E-state index contributed by atoms with van der Waals surface area (Å²) in [6.45, 7) is 0.365. The van der Waals surface area contributed by atoms with Crippen LogP contribution in [0, 0.1) is 11.8 Å². The molecule has 9 nitrogen and oxygen atoms in total. The summed E-state index contributed by atoms with van der Waals surface area (Å²) in [4.78, 5) is 16.8. The van der Waals surface area contributed by atoms with Crippen LogP contribution in [0.1, 0.15) is 68.1 Å². The highest BCUT2D eigenvalue weighted by Gasteiger charge is 2.40. The van der Waals surface area contributed by atoms with Gasteiger partial charge in [-0.15, -0.1) is 0 Å². The summed E-state index contributed by atoms with van der Waals surface area (Å²) in [5.41, 5.74) is 2.83. The van der Waals surface area contributed by atoms with E-state index in [9.17, 15) is 20.1 Å². The summed E-state index contributed by atoms with van der Waals surface area (Å²) >= 11 is 0. The second-order valence-corrected chi connectivity index (χ2v) is 10.7. The minimum Gasteiger partial charge on any atom is -0.393 e. The number of carbonyl (C=O) groups is 1. The maximum Gasteiger partial charge on any atom is 0.220 e. The normalized spacial score (nSPS) is 21.8. The van der Waals surface area contributed by atoms with Crippen molar-refractivity contribution in [3.8, 4) is 0 Å². The molecular weight excluding hydrogens is 512 g/mol. The quantitative estimate of drug-likeness (QED) is 0.0973. The minimum absolute atomic E-state index is 0.00454. The van der Waals surface area contributed by atoms with Gasteiger partial charge in [0.2, 0.25) is 5.91 Å². The Morgan fingerprint density at radius 1 is 0.975 bits per heavy atom. The van der Waals surface area contributed by atoms with Gasteiger partial charge in [-0.2, -0.15) is 0 Å². The molecule has 1 aliphatic rings. The molecule has 1 saturated carbocycles. The smallest absolute Gasteiger partial charge is 0.220 e. The van der Waals surface area contributed by atoms with Crippen LogP contribution < -0.4 is 5.32 Å². The van der Waals surface area contributed by atoms with Crippen LogP contribution >= 0.6 is 0 Å². The number of aliphatic hydroxyl groups is 3. The summed E-state index contributed by atoms with van der Waals surface area (Å²) < 4.78 is 0. The van der Waals surface area contributed by atoms with Crippen molar-refractivity contribution in [1.29, 1.82) is 0 Å². The lowest BCUT2D eigenvalue weighted by molar-refractivity contribution is -0.497. The first kappa shape index (κ1) is 31.9. The number of carbonyl (C=O) groups excluding carboxylic acids is 1. The average Bonchev–Trinajstić information content (AvgIpc) is 3.22. The van der Waals surface area contributed by atoms with E-state index in [0.717, 1.165) is 24.0 Å². The first-order valence-corrected chi connectivity index (χ1v) is 14.2. The molecule has 1 aliphatic carbocycles. The van der Waals surface area contributed by atoms with E-state index in [4.69, 9.17) is 10.4 Å². The van der Waals surface area contributed by atoms with E-state index in [2.05, 4.69) is 22.3 Å². The summed E-state index contributed by atoms with van der Waals surface area (Å²) in [6, 6.07) is 17.4. The van der Waals surface area contributed by atoms with Gasteiger partial charge >= 0.3 is 0 Å². The zero-order valence-corrected chi connectivity index (χ0v) is 23.0. The third-order valence-electron chi connectivity index (χ3n) is 7.64. The van der Waals surface area contributed by atoms with Gasteiger partial charge in [0, 0.05) is 13.0 Å². The number of unbranched alkanes of at least 4 members (excludes halogenated alkanes) is 1. The fraction of sp³-hybridized carbons (Fsp3) is 0.516. The zero-order chi connectivity index (χ0) is 28.7. The zero-order valence-electron chi connectivity index (χ0n) is 23.0. The van der Waals surface area contributed by atoms with Crippen LogP contribution in [0.25, 0.3) is 0 Å². The standard InChI is InChI=1S/C31H44N2O7/c34-26(16-15-23-9-4-3-5-10-23)17-18-28-27(29(35)20-30(28)36)13-6-1-2-7-14-31(37)32-21-24-11-8-12-25(19-24)22-40-33(38)39/h1,3-6,8-12,19,26-30,34-36,38-39H,2,7,13-18,20-22H2,(H,32,37)/b6-1-/t26-,27+,28+,29-,30+/m0/s1. The number of nitrogens with one attached hydrogen (secondary N) is 1. The van der Waals surface area contributed by atoms with Crippen molar-refractivity contribution in [2.24, 2.45) is 11.8 Å². The average molecular weight is 557 g/mol. The number of hydrogen-bond acceptors (Lipinski definition) is 8. The fourth-order valence-electron chi connectivity index (χ4n) is 5.42. The molecule has 2 aromatic carbocycles. The van der Waals surface area contributed by atoms with Gasteiger partial charge in [-0.1, -0.05) is 66.7 Å². The molecule has 0 heterocycles. The number of benzene rings is 2. The highest BCUT2D eigenvalue weighted by molar-refractivity contribution is 5.75. The molecule has 0 saturated heterocycles. The molecule has 5 atom stereocenters. The number of amides is 1. The predicted molar refractivity (Wildman–Crippen MR) is 150 cm³/mol. The van der Waals surface area contributed by atoms with E-state index < -0.39 is 18.3 Å². The van der Waals surface area contributed by atoms with Gasteiger partial charge in [0.1, 0.15) is 0 Å². The highest BCUT2D eigenvalue weighted by Crippen LogP contribution is 2.38. The lowest BCUT2D eigenvalue weighted by atomic mass is 9.85. The minimum atomic E-state index is -0.550. The molecule has 0 radical (unpaired) electrons. The Morgan fingerprint density at radius 3 is 2.48 bits per heavy atom. The van der Waals surface area contributed by atoms with Crippen molar-refractivity contribution in [3.05, 3.63) is 83.4 Å². The molecule has 0 bridgehead atoms. The number of aliphatic hydroxyl groups excluding tert-OH is 3. The highest BCUT2D eigenvalue weighted by atomic mass is 17.1. The number of nitrogens with zero attached hydrogens (tertiary/aromatic N) is 1. The summed E-state index contributed by atoms with van der Waals surface area (Å²) in [7, 11) is 0. The van der Waals surface area contributed by atoms with Crippen LogP contribution in [0.5, 0.6) is 0 Å². The van der Waals surface area contributed by atoms with Gasteiger partial charge in [-0.25, -0.2) is 4.84 Å². The number of aryl methyl sites for hydroxylation is 1. The summed E-state index contributed by atoms with van der Waals surface area (Å²) in [5, 5.41) is 51.3. The molecule has 40 heavy (non-hydrogen) atoms. The van der Waals surface area contributed by atoms with Gasteiger partial charge in [-0.3, -0.25) is 15.2 Å². The molecule has 0 unspecified atom stereocenters. The van der Waals surface area contributed by atoms with Gasteiger partial charge in [0.05, 0.1) is 30.3 Å². The number of rotatable bonds is 17. The van der Waals surface area contributed by atoms with Crippen molar-refractivity contribution >= 4 is 5.91 Å². The molecule has 3 rings (SSSR count). The second-order valence-electron chi connectivity index (χ2n) is 10.7. The van der Waals surface area contributed by atoms with Crippen LogP contribution in [-0.2, 0) is 29.2 Å². The van der Waals surface area contributed by atoms with E-state index in [1.54, 1.807) is 6.07 Å². The maximum absolute atomic E-state index is 12.2. The van der Waals surface area contributed by atoms with Gasteiger partial charge in [-0.05, 0) is 79.9 Å². The Bertz CT molecular complexity index is 1030. The lowest BCUT2D eigenvalue weighted by Crippen LogP contribution is -2.23. The lowest BCUT2D eigenvalue weighted by Gasteiger charge is -2.23. The number of allylic oxidation sites excluding steroid dienone is 2. The van der Waals surface area contributed by atoms with Crippen LogP contribution in [0.2, 0.25) is 0 Å². The molecular formula is C31H44N2O7. The molecule has 0 spiro atoms.